The lowest BCUT2D eigenvalue weighted by Crippen LogP contribution is -2.63. The maximum absolute atomic E-state index is 13.4. The molecule has 1 aromatic carbocycles. The monoisotopic (exact) mass is 973 g/mol. The second-order valence-electron chi connectivity index (χ2n) is 16.9. The van der Waals surface area contributed by atoms with Crippen LogP contribution >= 0.6 is 11.6 Å². The molecular weight excluding hydrogens is 906 g/mol. The summed E-state index contributed by atoms with van der Waals surface area (Å²) in [6.45, 7) is 8.18. The van der Waals surface area contributed by atoms with Gasteiger partial charge in [-0.2, -0.15) is 0 Å². The topological polar surface area (TPSA) is 256 Å². The van der Waals surface area contributed by atoms with Crippen molar-refractivity contribution in [2.24, 2.45) is 0 Å². The number of nitrogens with one attached hydrogen (secondary N) is 1. The van der Waals surface area contributed by atoms with E-state index in [1.807, 2.05) is 0 Å². The van der Waals surface area contributed by atoms with Gasteiger partial charge in [-0.1, -0.05) is 38.2 Å². The molecule has 0 aliphatic carbocycles. The van der Waals surface area contributed by atoms with Gasteiger partial charge in [0.05, 0.1) is 19.4 Å². The quantitative estimate of drug-likeness (QED) is 0.0452. The third kappa shape index (κ3) is 21.3. The smallest absolute Gasteiger partial charge is 0.410 e. The fourth-order valence-corrected chi connectivity index (χ4v) is 6.25. The van der Waals surface area contributed by atoms with Crippen LogP contribution < -0.4 is 10.1 Å². The van der Waals surface area contributed by atoms with Gasteiger partial charge in [-0.3, -0.25) is 19.2 Å². The van der Waals surface area contributed by atoms with Gasteiger partial charge < -0.3 is 67.9 Å². The molecular formula is C44H68ClN5O17. The number of amides is 5. The lowest BCUT2D eigenvalue weighted by atomic mass is 9.98. The Hall–Kier alpha value is -5.61. The first-order valence-electron chi connectivity index (χ1n) is 21.9. The zero-order valence-electron chi connectivity index (χ0n) is 40.2. The summed E-state index contributed by atoms with van der Waals surface area (Å²) < 4.78 is 43.3. The normalized spacial score (nSPS) is 17.8. The third-order valence-corrected chi connectivity index (χ3v) is 10.2. The fraction of sp³-hybridized carbons (Fsp3) is 0.682. The first-order chi connectivity index (χ1) is 31.4. The molecule has 0 saturated carbocycles. The Morgan fingerprint density at radius 1 is 0.731 bits per heavy atom. The van der Waals surface area contributed by atoms with Crippen LogP contribution in [0.5, 0.6) is 5.75 Å². The molecule has 0 bridgehead atoms. The molecule has 5 amide bonds. The summed E-state index contributed by atoms with van der Waals surface area (Å²) >= 11 is 5.41. The van der Waals surface area contributed by atoms with Crippen LogP contribution in [-0.4, -0.2) is 177 Å². The molecule has 2 N–H and O–H groups in total. The summed E-state index contributed by atoms with van der Waals surface area (Å²) in [5, 5.41) is 13.4. The first kappa shape index (κ1) is 57.5. The van der Waals surface area contributed by atoms with Gasteiger partial charge >= 0.3 is 41.6 Å². The molecule has 1 heterocycles. The number of hydrogen-bond donors (Lipinski definition) is 2. The maximum Gasteiger partial charge on any atom is 0.410 e. The summed E-state index contributed by atoms with van der Waals surface area (Å²) in [6.07, 6.45) is -4.73. The first-order valence-corrected chi connectivity index (χ1v) is 22.3. The zero-order valence-corrected chi connectivity index (χ0v) is 40.9. The number of aliphatic hydroxyl groups is 1. The number of carbonyl (C=O) groups excluding carboxylic acids is 8. The van der Waals surface area contributed by atoms with E-state index in [1.165, 1.54) is 51.9 Å². The molecule has 1 saturated heterocycles. The van der Waals surface area contributed by atoms with Crippen molar-refractivity contribution in [2.75, 3.05) is 73.4 Å². The Labute approximate surface area is 396 Å². The Morgan fingerprint density at radius 2 is 1.25 bits per heavy atom. The van der Waals surface area contributed by atoms with Gasteiger partial charge in [-0.05, 0) is 62.9 Å². The van der Waals surface area contributed by atoms with E-state index in [9.17, 15) is 43.5 Å². The maximum atomic E-state index is 13.4. The van der Waals surface area contributed by atoms with Gasteiger partial charge in [-0.15, -0.1) is 0 Å². The molecule has 67 heavy (non-hydrogen) atoms. The number of methoxy groups -OCH3 is 1. The molecule has 0 radical (unpaired) electrons. The van der Waals surface area contributed by atoms with Crippen LogP contribution in [0.2, 0.25) is 0 Å². The Morgan fingerprint density at radius 3 is 1.81 bits per heavy atom. The van der Waals surface area contributed by atoms with Crippen molar-refractivity contribution in [2.45, 2.75) is 129 Å². The minimum Gasteiger partial charge on any atom is -0.467 e. The zero-order chi connectivity index (χ0) is 50.4. The number of likely N-dealkylation sites (N-methyl/N-ethyl adjacent to an activating group) is 4. The van der Waals surface area contributed by atoms with Crippen LogP contribution in [0.25, 0.3) is 0 Å². The van der Waals surface area contributed by atoms with Crippen molar-refractivity contribution in [3.8, 4) is 5.75 Å². The SMILES string of the molecule is COC(=O)C1O[C@@H](Oc2ccc(COC(=O)N(C)CCN(C)C(=O)OC(C)(C)C)cc2NC(=O)CCCCCCCCCOC(=O)N(C)CCN(C)C(=O)Cl)[C@H](OC(C)=O)[C@@H](O)[C@@H]1OC(C)=O. The number of anilines is 1. The minimum absolute atomic E-state index is 0.0534. The number of ether oxygens (including phenoxy) is 8. The molecule has 378 valence electrons. The van der Waals surface area contributed by atoms with Crippen molar-refractivity contribution in [3.05, 3.63) is 23.8 Å². The summed E-state index contributed by atoms with van der Waals surface area (Å²) in [7, 11) is 7.20. The van der Waals surface area contributed by atoms with E-state index < -0.39 is 83.8 Å². The van der Waals surface area contributed by atoms with Crippen molar-refractivity contribution >= 4 is 64.7 Å². The predicted octanol–water partition coefficient (Wildman–Crippen LogP) is 5.04. The molecule has 1 aliphatic heterocycles. The Balaban J connectivity index is 2.12. The number of esters is 3. The van der Waals surface area contributed by atoms with Crippen LogP contribution in [0.15, 0.2) is 18.2 Å². The number of halogens is 1. The molecule has 0 spiro atoms. The van der Waals surface area contributed by atoms with Gasteiger partial charge in [0.15, 0.2) is 18.3 Å². The van der Waals surface area contributed by atoms with Crippen molar-refractivity contribution in [1.82, 2.24) is 19.6 Å². The lowest BCUT2D eigenvalue weighted by Gasteiger charge is -2.41. The summed E-state index contributed by atoms with van der Waals surface area (Å²) in [5.41, 5.74) is -0.207. The molecule has 1 aliphatic rings. The average molecular weight is 974 g/mol. The van der Waals surface area contributed by atoms with Crippen molar-refractivity contribution < 1.29 is 81.4 Å². The molecule has 1 aromatic rings. The predicted molar refractivity (Wildman–Crippen MR) is 240 cm³/mol. The van der Waals surface area contributed by atoms with Gasteiger partial charge in [0.25, 0.3) is 0 Å². The van der Waals surface area contributed by atoms with Gasteiger partial charge in [0.2, 0.25) is 12.2 Å². The number of rotatable bonds is 24. The number of unbranched alkanes of at least 4 members (excludes halogenated alkanes) is 6. The molecule has 2 rings (SSSR count). The van der Waals surface area contributed by atoms with Crippen LogP contribution in [0.3, 0.4) is 0 Å². The van der Waals surface area contributed by atoms with Gasteiger partial charge in [0, 0.05) is 74.6 Å². The largest absolute Gasteiger partial charge is 0.467 e. The highest BCUT2D eigenvalue weighted by Gasteiger charge is 2.53. The third-order valence-electron chi connectivity index (χ3n) is 9.93. The second kappa shape index (κ2) is 28.5. The summed E-state index contributed by atoms with van der Waals surface area (Å²) in [5.74, 6) is -3.21. The van der Waals surface area contributed by atoms with Crippen LogP contribution in [0.1, 0.15) is 91.5 Å². The highest BCUT2D eigenvalue weighted by Crippen LogP contribution is 2.33. The fourth-order valence-electron chi connectivity index (χ4n) is 6.17. The van der Waals surface area contributed by atoms with Crippen LogP contribution in [-0.2, 0) is 58.9 Å². The molecule has 23 heteroatoms. The summed E-state index contributed by atoms with van der Waals surface area (Å²) in [6, 6.07) is 4.41. The number of nitrogens with zero attached hydrogens (tertiary/aromatic N) is 4. The van der Waals surface area contributed by atoms with E-state index in [-0.39, 0.29) is 57.3 Å². The van der Waals surface area contributed by atoms with E-state index in [2.05, 4.69) is 5.32 Å². The molecule has 1 unspecified atom stereocenters. The van der Waals surface area contributed by atoms with E-state index in [0.717, 1.165) is 53.1 Å². The van der Waals surface area contributed by atoms with Gasteiger partial charge in [0.1, 0.15) is 24.1 Å². The Bertz CT molecular complexity index is 1830. The van der Waals surface area contributed by atoms with E-state index >= 15 is 0 Å². The summed E-state index contributed by atoms with van der Waals surface area (Å²) in [4.78, 5) is 104. The molecule has 5 atom stereocenters. The van der Waals surface area contributed by atoms with E-state index in [1.54, 1.807) is 34.9 Å². The minimum atomic E-state index is -1.83. The average Bonchev–Trinajstić information content (AvgIpc) is 3.25. The molecule has 0 aromatic heterocycles. The number of hydrogen-bond acceptors (Lipinski definition) is 17. The lowest BCUT2D eigenvalue weighted by molar-refractivity contribution is -0.279. The van der Waals surface area contributed by atoms with Crippen LogP contribution in [0, 0.1) is 0 Å². The van der Waals surface area contributed by atoms with Gasteiger partial charge in [-0.25, -0.2) is 19.2 Å². The standard InChI is InChI=1S/C44H68ClN5O17/c1-28(51)63-35-34(54)36(64-29(2)52)39(66-37(35)38(55)60-10)65-32-20-19-30(27-62-42(58)49(8)23-24-50(9)43(59)67-44(3,4)5)26-31(32)46-33(53)18-16-14-12-11-13-15-17-25-61-41(57)48(7)22-21-47(6)40(45)56/h19-20,26,34-37,39,54H,11-18,21-25,27H2,1-10H3,(H,46,53)/t34-,35-,36+,37?,39+/m0/s1. The van der Waals surface area contributed by atoms with Crippen LogP contribution in [0.4, 0.5) is 24.9 Å². The van der Waals surface area contributed by atoms with E-state index in [0.29, 0.717) is 18.4 Å². The van der Waals surface area contributed by atoms with Crippen molar-refractivity contribution in [3.63, 3.8) is 0 Å². The van der Waals surface area contributed by atoms with Crippen molar-refractivity contribution in [1.29, 1.82) is 0 Å². The highest BCUT2D eigenvalue weighted by molar-refractivity contribution is 6.62. The van der Waals surface area contributed by atoms with E-state index in [4.69, 9.17) is 49.5 Å². The number of benzene rings is 1. The number of carbonyl (C=O) groups is 8. The highest BCUT2D eigenvalue weighted by atomic mass is 35.5. The second-order valence-corrected chi connectivity index (χ2v) is 17.2. The molecule has 1 fully saturated rings. The Kier molecular flexibility index (Phi) is 24.5. The number of aliphatic hydroxyl groups excluding tert-OH is 1. The molecule has 22 nitrogen and oxygen atoms in total.